The van der Waals surface area contributed by atoms with E-state index < -0.39 is 48.4 Å². The van der Waals surface area contributed by atoms with E-state index in [1.54, 1.807) is 6.07 Å². The van der Waals surface area contributed by atoms with Crippen LogP contribution in [0.15, 0.2) is 31.8 Å². The second-order valence-electron chi connectivity index (χ2n) is 11.9. The van der Waals surface area contributed by atoms with E-state index in [0.717, 1.165) is 63.8 Å². The molecule has 0 saturated carbocycles. The lowest BCUT2D eigenvalue weighted by atomic mass is 9.93. The van der Waals surface area contributed by atoms with Crippen molar-refractivity contribution >= 4 is 65.9 Å². The predicted molar refractivity (Wildman–Crippen MR) is 187 cm³/mol. The lowest BCUT2D eigenvalue weighted by Crippen LogP contribution is -2.68. The third-order valence-corrected chi connectivity index (χ3v) is 12.8. The van der Waals surface area contributed by atoms with E-state index in [-0.39, 0.29) is 11.3 Å². The van der Waals surface area contributed by atoms with Gasteiger partial charge in [-0.05, 0) is 74.9 Å². The summed E-state index contributed by atoms with van der Waals surface area (Å²) in [5.74, 6) is -26.7. The first-order valence-corrected chi connectivity index (χ1v) is 20.1. The molecule has 0 spiro atoms. The third-order valence-electron chi connectivity index (χ3n) is 8.03. The summed E-state index contributed by atoms with van der Waals surface area (Å²) in [7, 11) is 0. The van der Waals surface area contributed by atoms with Crippen molar-refractivity contribution in [2.45, 2.75) is 134 Å². The Kier molecular flexibility index (Phi) is 15.5. The average molecular weight is 897 g/mol. The molecule has 3 aromatic rings. The summed E-state index contributed by atoms with van der Waals surface area (Å²) >= 11 is 10.1. The summed E-state index contributed by atoms with van der Waals surface area (Å²) in [6, 6.07) is 6.17. The molecule has 3 aromatic heterocycles. The van der Waals surface area contributed by atoms with Gasteiger partial charge in [-0.1, -0.05) is 78.1 Å². The van der Waals surface area contributed by atoms with Crippen molar-refractivity contribution in [3.8, 4) is 25.3 Å². The van der Waals surface area contributed by atoms with Gasteiger partial charge in [0.2, 0.25) is 0 Å². The summed E-state index contributed by atoms with van der Waals surface area (Å²) in [5.41, 5.74) is 0.891. The Bertz CT molecular complexity index is 1470. The van der Waals surface area contributed by atoms with Crippen LogP contribution < -0.4 is 4.74 Å². The second kappa shape index (κ2) is 17.8. The molecule has 278 valence electrons. The van der Waals surface area contributed by atoms with Crippen molar-refractivity contribution in [1.29, 1.82) is 0 Å². The lowest BCUT2D eigenvalue weighted by molar-refractivity contribution is -0.427. The molecule has 0 aliphatic carbocycles. The van der Waals surface area contributed by atoms with Gasteiger partial charge in [-0.25, -0.2) is 0 Å². The maximum atomic E-state index is 16.3. The van der Waals surface area contributed by atoms with Gasteiger partial charge in [0, 0.05) is 27.1 Å². The number of ether oxygens (including phenoxy) is 1. The van der Waals surface area contributed by atoms with Crippen molar-refractivity contribution in [2.24, 2.45) is 0 Å². The van der Waals surface area contributed by atoms with Crippen LogP contribution in [0.4, 0.5) is 43.9 Å². The number of aryl methyl sites for hydroxylation is 1. The van der Waals surface area contributed by atoms with Crippen LogP contribution in [0.25, 0.3) is 19.5 Å². The summed E-state index contributed by atoms with van der Waals surface area (Å²) in [5, 5.41) is 0. The lowest BCUT2D eigenvalue weighted by Gasteiger charge is -2.40. The Morgan fingerprint density at radius 2 is 1.14 bits per heavy atom. The molecule has 0 fully saturated rings. The van der Waals surface area contributed by atoms with Crippen molar-refractivity contribution in [3.05, 3.63) is 37.4 Å². The van der Waals surface area contributed by atoms with Crippen LogP contribution >= 0.6 is 65.9 Å². The van der Waals surface area contributed by atoms with Gasteiger partial charge in [0.25, 0.3) is 0 Å². The molecule has 49 heavy (non-hydrogen) atoms. The molecule has 0 amide bonds. The second-order valence-corrected chi connectivity index (χ2v) is 17.8. The molecule has 1 nitrogen and oxygen atoms in total. The van der Waals surface area contributed by atoms with Crippen LogP contribution in [0.2, 0.25) is 0 Å². The molecular weight excluding hydrogens is 858 g/mol. The first-order valence-electron chi connectivity index (χ1n) is 16.1. The Balaban J connectivity index is 1.94. The molecule has 3 heterocycles. The van der Waals surface area contributed by atoms with E-state index >= 15 is 13.2 Å². The van der Waals surface area contributed by atoms with Crippen LogP contribution in [0.5, 0.6) is 5.75 Å². The first kappa shape index (κ1) is 42.6. The number of alkyl halides is 10. The van der Waals surface area contributed by atoms with E-state index in [1.165, 1.54) is 62.9 Å². The van der Waals surface area contributed by atoms with Crippen LogP contribution in [0.1, 0.15) is 103 Å². The molecule has 0 aliphatic rings. The van der Waals surface area contributed by atoms with Gasteiger partial charge in [-0.3, -0.25) is 0 Å². The zero-order valence-corrected chi connectivity index (χ0v) is 32.5. The van der Waals surface area contributed by atoms with Crippen LogP contribution in [-0.4, -0.2) is 29.8 Å². The standard InChI is InChI=1S/C33H38Br2F10OS3/c1-3-5-7-8-9-10-11-12-13-14-15-21-19-26(35)49-27(21)24-20-22(28(48-24)23-16-17-25(34)47-23)46-29(36,18-6-4-2)30(37,38)31(39,40)32(41,42)33(43,44)45/h16-17,19-20H,3-15,18H2,1-2H3. The number of thiophene rings is 3. The monoisotopic (exact) mass is 894 g/mol. The third kappa shape index (κ3) is 9.98. The maximum Gasteiger partial charge on any atom is 0.460 e. The maximum absolute atomic E-state index is 16.3. The minimum Gasteiger partial charge on any atom is -0.450 e. The molecule has 16 heteroatoms. The molecule has 1 unspecified atom stereocenters. The fourth-order valence-corrected chi connectivity index (χ4v) is 9.64. The van der Waals surface area contributed by atoms with Gasteiger partial charge in [0.1, 0.15) is 5.75 Å². The van der Waals surface area contributed by atoms with Gasteiger partial charge in [-0.2, -0.15) is 43.9 Å². The molecule has 1 atom stereocenters. The normalized spacial score (nSPS) is 14.4. The highest BCUT2D eigenvalue weighted by Crippen LogP contribution is 2.59. The summed E-state index contributed by atoms with van der Waals surface area (Å²) < 4.78 is 149. The molecule has 3 rings (SSSR count). The van der Waals surface area contributed by atoms with Gasteiger partial charge in [-0.15, -0.1) is 34.0 Å². The summed E-state index contributed by atoms with van der Waals surface area (Å²) in [6.07, 6.45) is 2.67. The highest BCUT2D eigenvalue weighted by Gasteiger charge is 2.87. The molecule has 0 bridgehead atoms. The van der Waals surface area contributed by atoms with Gasteiger partial charge < -0.3 is 4.74 Å². The highest BCUT2D eigenvalue weighted by molar-refractivity contribution is 9.11. The SMILES string of the molecule is CCCCCCCCCCCCc1cc(Br)sc1-c1cc(OC(F)(CCCC)C(F)(F)C(F)(F)C(F)(F)C(F)(F)F)c(-c2ccc(Br)s2)s1. The summed E-state index contributed by atoms with van der Waals surface area (Å²) in [6.45, 7) is 3.56. The van der Waals surface area contributed by atoms with Crippen molar-refractivity contribution in [3.63, 3.8) is 0 Å². The molecule has 0 N–H and O–H groups in total. The topological polar surface area (TPSA) is 9.23 Å². The Labute approximate surface area is 309 Å². The first-order chi connectivity index (χ1) is 22.8. The molecule has 0 radical (unpaired) electrons. The van der Waals surface area contributed by atoms with E-state index in [1.807, 2.05) is 6.07 Å². The highest BCUT2D eigenvalue weighted by atomic mass is 79.9. The Hall–Kier alpha value is -0.840. The fraction of sp³-hybridized carbons (Fsp3) is 0.636. The van der Waals surface area contributed by atoms with Crippen LogP contribution in [0, 0.1) is 0 Å². The molecule has 0 aromatic carbocycles. The quantitative estimate of drug-likeness (QED) is 0.0765. The van der Waals surface area contributed by atoms with Gasteiger partial charge in [0.15, 0.2) is 0 Å². The summed E-state index contributed by atoms with van der Waals surface area (Å²) in [4.78, 5) is 1.46. The van der Waals surface area contributed by atoms with E-state index in [4.69, 9.17) is 4.74 Å². The van der Waals surface area contributed by atoms with Crippen molar-refractivity contribution in [1.82, 2.24) is 0 Å². The number of rotatable bonds is 21. The Morgan fingerprint density at radius 1 is 0.571 bits per heavy atom. The zero-order valence-electron chi connectivity index (χ0n) is 26.9. The van der Waals surface area contributed by atoms with Gasteiger partial charge >= 0.3 is 29.8 Å². The number of halogens is 12. The average Bonchev–Trinajstić information content (AvgIpc) is 3.74. The minimum atomic E-state index is -7.26. The predicted octanol–water partition coefficient (Wildman–Crippen LogP) is 15.9. The van der Waals surface area contributed by atoms with Crippen LogP contribution in [-0.2, 0) is 6.42 Å². The van der Waals surface area contributed by atoms with E-state index in [0.29, 0.717) is 24.8 Å². The smallest absolute Gasteiger partial charge is 0.450 e. The number of hydrogen-bond acceptors (Lipinski definition) is 4. The van der Waals surface area contributed by atoms with Crippen molar-refractivity contribution in [2.75, 3.05) is 0 Å². The zero-order chi connectivity index (χ0) is 36.7. The van der Waals surface area contributed by atoms with Crippen molar-refractivity contribution < 1.29 is 48.6 Å². The molecular formula is C33H38Br2F10OS3. The molecule has 0 aliphatic heterocycles. The molecule has 0 saturated heterocycles. The largest absolute Gasteiger partial charge is 0.460 e. The minimum absolute atomic E-state index is 0.0281. The number of unbranched alkanes of at least 4 members (excludes halogenated alkanes) is 10. The fourth-order valence-electron chi connectivity index (χ4n) is 5.22. The van der Waals surface area contributed by atoms with E-state index in [2.05, 4.69) is 38.8 Å². The van der Waals surface area contributed by atoms with Crippen LogP contribution in [0.3, 0.4) is 0 Å². The Morgan fingerprint density at radius 3 is 1.67 bits per heavy atom. The van der Waals surface area contributed by atoms with E-state index in [9.17, 15) is 30.7 Å². The van der Waals surface area contributed by atoms with Gasteiger partial charge in [0.05, 0.1) is 12.4 Å². The number of hydrogen-bond donors (Lipinski definition) is 0.